The molecule has 1 amide bonds. The zero-order chi connectivity index (χ0) is 17.9. The zero-order valence-electron chi connectivity index (χ0n) is 15.0. The molecule has 0 unspecified atom stereocenters. The molecular formula is C18H28N4O3. The molecule has 0 aromatic carbocycles. The van der Waals surface area contributed by atoms with Crippen LogP contribution in [-0.4, -0.2) is 69.0 Å². The third-order valence-electron chi connectivity index (χ3n) is 5.75. The van der Waals surface area contributed by atoms with Crippen LogP contribution in [0.4, 0.5) is 0 Å². The van der Waals surface area contributed by atoms with E-state index < -0.39 is 5.97 Å². The molecule has 2 N–H and O–H groups in total. The molecule has 0 spiro atoms. The highest BCUT2D eigenvalue weighted by molar-refractivity contribution is 6.02. The summed E-state index contributed by atoms with van der Waals surface area (Å²) in [7, 11) is 1.77. The van der Waals surface area contributed by atoms with Crippen molar-refractivity contribution in [2.75, 3.05) is 26.7 Å². The van der Waals surface area contributed by atoms with Gasteiger partial charge in [0.15, 0.2) is 11.4 Å². The third kappa shape index (κ3) is 3.71. The first-order valence-corrected chi connectivity index (χ1v) is 9.31. The monoisotopic (exact) mass is 348 g/mol. The number of nitrogens with one attached hydrogen (secondary N) is 1. The molecule has 3 rings (SSSR count). The van der Waals surface area contributed by atoms with Gasteiger partial charge in [-0.2, -0.15) is 0 Å². The number of carboxylic acids is 1. The van der Waals surface area contributed by atoms with Gasteiger partial charge in [-0.3, -0.25) is 9.69 Å². The van der Waals surface area contributed by atoms with E-state index in [1.54, 1.807) is 11.9 Å². The van der Waals surface area contributed by atoms with Crippen LogP contribution in [0, 0.1) is 0 Å². The minimum absolute atomic E-state index is 0.000367. The maximum Gasteiger partial charge on any atom is 0.354 e. The van der Waals surface area contributed by atoms with E-state index in [1.807, 2.05) is 0 Å². The van der Waals surface area contributed by atoms with Gasteiger partial charge in [-0.15, -0.1) is 0 Å². The average molecular weight is 348 g/mol. The van der Waals surface area contributed by atoms with Crippen molar-refractivity contribution in [3.63, 3.8) is 0 Å². The number of carbonyl (C=O) groups is 2. The van der Waals surface area contributed by atoms with Gasteiger partial charge in [-0.25, -0.2) is 9.78 Å². The van der Waals surface area contributed by atoms with Gasteiger partial charge in [-0.1, -0.05) is 25.7 Å². The van der Waals surface area contributed by atoms with Gasteiger partial charge in [0.25, 0.3) is 5.91 Å². The van der Waals surface area contributed by atoms with Crippen molar-refractivity contribution in [1.82, 2.24) is 19.8 Å². The number of likely N-dealkylation sites (tertiary alicyclic amines) is 1. The summed E-state index contributed by atoms with van der Waals surface area (Å²) in [5.41, 5.74) is -0.102. The molecular weight excluding hydrogens is 320 g/mol. The summed E-state index contributed by atoms with van der Waals surface area (Å²) in [6, 6.07) is 0. The Morgan fingerprint density at radius 3 is 2.48 bits per heavy atom. The molecule has 0 atom stereocenters. The van der Waals surface area contributed by atoms with E-state index in [2.05, 4.69) is 14.9 Å². The van der Waals surface area contributed by atoms with Crippen LogP contribution in [0.3, 0.4) is 0 Å². The molecule has 1 saturated carbocycles. The number of aromatic amines is 1. The number of nitrogens with zero attached hydrogens (tertiary/aromatic N) is 3. The molecule has 138 valence electrons. The number of hydrogen-bond donors (Lipinski definition) is 2. The van der Waals surface area contributed by atoms with Crippen molar-refractivity contribution in [3.05, 3.63) is 17.7 Å². The van der Waals surface area contributed by atoms with Gasteiger partial charge in [0, 0.05) is 19.1 Å². The summed E-state index contributed by atoms with van der Waals surface area (Å²) in [5.74, 6) is -1.47. The van der Waals surface area contributed by atoms with E-state index in [-0.39, 0.29) is 22.8 Å². The third-order valence-corrected chi connectivity index (χ3v) is 5.75. The van der Waals surface area contributed by atoms with Gasteiger partial charge < -0.3 is 15.0 Å². The van der Waals surface area contributed by atoms with Crippen LogP contribution < -0.4 is 0 Å². The second-order valence-electron chi connectivity index (χ2n) is 7.43. The number of carboxylic acid groups (broad SMARTS) is 1. The highest BCUT2D eigenvalue weighted by Crippen LogP contribution is 2.36. The fourth-order valence-corrected chi connectivity index (χ4v) is 4.47. The molecule has 1 aliphatic carbocycles. The molecule has 2 heterocycles. The van der Waals surface area contributed by atoms with Gasteiger partial charge in [0.2, 0.25) is 0 Å². The van der Waals surface area contributed by atoms with Crippen LogP contribution in [-0.2, 0) is 0 Å². The summed E-state index contributed by atoms with van der Waals surface area (Å²) >= 11 is 0. The topological polar surface area (TPSA) is 89.5 Å². The van der Waals surface area contributed by atoms with E-state index in [0.29, 0.717) is 6.54 Å². The molecule has 7 heteroatoms. The number of aromatic carboxylic acids is 1. The van der Waals surface area contributed by atoms with Gasteiger partial charge >= 0.3 is 5.97 Å². The van der Waals surface area contributed by atoms with E-state index >= 15 is 0 Å². The van der Waals surface area contributed by atoms with E-state index in [4.69, 9.17) is 0 Å². The molecule has 1 aliphatic heterocycles. The smallest absolute Gasteiger partial charge is 0.354 e. The molecule has 7 nitrogen and oxygen atoms in total. The SMILES string of the molecule is CN(CC1(N2CCCCC2)CCCCC1)C(=O)c1nc[nH]c1C(=O)O. The summed E-state index contributed by atoms with van der Waals surface area (Å²) in [6.07, 6.45) is 10.9. The second-order valence-corrected chi connectivity index (χ2v) is 7.43. The number of rotatable bonds is 5. The Bertz CT molecular complexity index is 616. The van der Waals surface area contributed by atoms with Crippen LogP contribution >= 0.6 is 0 Å². The maximum atomic E-state index is 12.8. The molecule has 0 bridgehead atoms. The van der Waals surface area contributed by atoms with Crippen LogP contribution in [0.2, 0.25) is 0 Å². The van der Waals surface area contributed by atoms with Crippen LogP contribution in [0.5, 0.6) is 0 Å². The molecule has 1 aromatic rings. The lowest BCUT2D eigenvalue weighted by Gasteiger charge is -2.49. The molecule has 2 fully saturated rings. The molecule has 1 saturated heterocycles. The first kappa shape index (κ1) is 17.9. The Labute approximate surface area is 148 Å². The van der Waals surface area contributed by atoms with Crippen LogP contribution in [0.15, 0.2) is 6.33 Å². The number of piperidine rings is 1. The molecule has 25 heavy (non-hydrogen) atoms. The Morgan fingerprint density at radius 1 is 1.20 bits per heavy atom. The predicted octanol–water partition coefficient (Wildman–Crippen LogP) is 2.37. The lowest BCUT2D eigenvalue weighted by atomic mass is 9.78. The van der Waals surface area contributed by atoms with Crippen molar-refractivity contribution in [2.24, 2.45) is 0 Å². The quantitative estimate of drug-likeness (QED) is 0.853. The largest absolute Gasteiger partial charge is 0.477 e. The minimum atomic E-state index is -1.15. The normalized spacial score (nSPS) is 21.0. The number of H-pyrrole nitrogens is 1. The van der Waals surface area contributed by atoms with Crippen molar-refractivity contribution < 1.29 is 14.7 Å². The standard InChI is InChI=1S/C18H28N4O3/c1-21(16(23)14-15(17(24)25)20-13-19-14)12-18(8-4-2-5-9-18)22-10-6-3-7-11-22/h13H,2-12H2,1H3,(H,19,20)(H,24,25). The van der Waals surface area contributed by atoms with Crippen molar-refractivity contribution in [3.8, 4) is 0 Å². The highest BCUT2D eigenvalue weighted by atomic mass is 16.4. The summed E-state index contributed by atoms with van der Waals surface area (Å²) in [4.78, 5) is 34.8. The Balaban J connectivity index is 1.77. The van der Waals surface area contributed by atoms with Gasteiger partial charge in [0.1, 0.15) is 0 Å². The van der Waals surface area contributed by atoms with Crippen LogP contribution in [0.1, 0.15) is 72.3 Å². The Morgan fingerprint density at radius 2 is 1.84 bits per heavy atom. The first-order valence-electron chi connectivity index (χ1n) is 9.31. The van der Waals surface area contributed by atoms with Crippen molar-refractivity contribution in [1.29, 1.82) is 0 Å². The number of carbonyl (C=O) groups excluding carboxylic acids is 1. The lowest BCUT2D eigenvalue weighted by Crippen LogP contribution is -2.58. The second kappa shape index (κ2) is 7.56. The van der Waals surface area contributed by atoms with E-state index in [1.165, 1.54) is 44.9 Å². The van der Waals surface area contributed by atoms with Gasteiger partial charge in [0.05, 0.1) is 6.33 Å². The number of aromatic nitrogens is 2. The molecule has 0 radical (unpaired) electrons. The predicted molar refractivity (Wildman–Crippen MR) is 93.7 cm³/mol. The number of amides is 1. The molecule has 2 aliphatic rings. The lowest BCUT2D eigenvalue weighted by molar-refractivity contribution is 0.00970. The fourth-order valence-electron chi connectivity index (χ4n) is 4.47. The summed E-state index contributed by atoms with van der Waals surface area (Å²) < 4.78 is 0. The minimum Gasteiger partial charge on any atom is -0.477 e. The first-order chi connectivity index (χ1) is 12.0. The van der Waals surface area contributed by atoms with Gasteiger partial charge in [-0.05, 0) is 38.8 Å². The van der Waals surface area contributed by atoms with E-state index in [0.717, 1.165) is 25.9 Å². The van der Waals surface area contributed by atoms with Crippen LogP contribution in [0.25, 0.3) is 0 Å². The van der Waals surface area contributed by atoms with Crippen molar-refractivity contribution in [2.45, 2.75) is 56.9 Å². The molecule has 1 aromatic heterocycles. The Hall–Kier alpha value is -1.89. The zero-order valence-corrected chi connectivity index (χ0v) is 15.0. The summed E-state index contributed by atoms with van der Waals surface area (Å²) in [5, 5.41) is 9.21. The number of imidazole rings is 1. The average Bonchev–Trinajstić information content (AvgIpc) is 3.12. The number of likely N-dealkylation sites (N-methyl/N-ethyl adjacent to an activating group) is 1. The summed E-state index contributed by atoms with van der Waals surface area (Å²) in [6.45, 7) is 2.84. The van der Waals surface area contributed by atoms with E-state index in [9.17, 15) is 14.7 Å². The van der Waals surface area contributed by atoms with Crippen molar-refractivity contribution >= 4 is 11.9 Å². The fraction of sp³-hybridized carbons (Fsp3) is 0.722. The number of hydrogen-bond acceptors (Lipinski definition) is 4. The Kier molecular flexibility index (Phi) is 5.42. The maximum absolute atomic E-state index is 12.8. The highest BCUT2D eigenvalue weighted by Gasteiger charge is 2.40.